The maximum absolute atomic E-state index is 7.66. The van der Waals surface area contributed by atoms with Gasteiger partial charge in [-0.15, -0.1) is 0 Å². The number of hydrogen-bond acceptors (Lipinski definition) is 0. The molecule has 8 rings (SSSR count). The van der Waals surface area contributed by atoms with Gasteiger partial charge in [0.15, 0.2) is 5.69 Å². The van der Waals surface area contributed by atoms with Gasteiger partial charge in [-0.2, -0.15) is 0 Å². The Bertz CT molecular complexity index is 1250. The summed E-state index contributed by atoms with van der Waals surface area (Å²) in [4.78, 5) is 3.81. The predicted molar refractivity (Wildman–Crippen MR) is 129 cm³/mol. The summed E-state index contributed by atoms with van der Waals surface area (Å²) in [7, 11) is 0. The molecule has 1 nitrogen and oxygen atoms in total. The van der Waals surface area contributed by atoms with Crippen LogP contribution < -0.4 is 0 Å². The molecule has 0 aromatic heterocycles. The van der Waals surface area contributed by atoms with Crippen molar-refractivity contribution in [1.82, 2.24) is 0 Å². The number of nitrogens with zero attached hydrogens (tertiary/aromatic N) is 1. The Labute approximate surface area is 192 Å². The highest BCUT2D eigenvalue weighted by Gasteiger charge is 2.61. The largest absolute Gasteiger partial charge is 0.238 e. The van der Waals surface area contributed by atoms with Crippen LogP contribution in [0.5, 0.6) is 0 Å². The summed E-state index contributed by atoms with van der Waals surface area (Å²) in [6.07, 6.45) is 7.03. The van der Waals surface area contributed by atoms with Crippen molar-refractivity contribution in [3.8, 4) is 22.3 Å². The van der Waals surface area contributed by atoms with Crippen LogP contribution in [0.2, 0.25) is 0 Å². The summed E-state index contributed by atoms with van der Waals surface area (Å²) in [5.74, 6) is 3.39. The van der Waals surface area contributed by atoms with Crippen molar-refractivity contribution in [3.05, 3.63) is 87.7 Å². The van der Waals surface area contributed by atoms with E-state index in [1.807, 2.05) is 12.1 Å². The molecule has 5 aliphatic rings. The minimum Gasteiger partial charge on any atom is -0.238 e. The van der Waals surface area contributed by atoms with Gasteiger partial charge in [0.1, 0.15) is 0 Å². The zero-order valence-electron chi connectivity index (χ0n) is 17.4. The molecule has 0 radical (unpaired) electrons. The molecule has 31 heavy (non-hydrogen) atoms. The lowest BCUT2D eigenvalue weighted by atomic mass is 9.43. The van der Waals surface area contributed by atoms with E-state index in [-0.39, 0.29) is 5.41 Å². The lowest BCUT2D eigenvalue weighted by Gasteiger charge is -2.61. The quantitative estimate of drug-likeness (QED) is 0.317. The molecule has 1 spiro atoms. The van der Waals surface area contributed by atoms with Gasteiger partial charge in [-0.1, -0.05) is 64.5 Å². The first-order valence-electron chi connectivity index (χ1n) is 11.6. The van der Waals surface area contributed by atoms with E-state index in [0.717, 1.165) is 34.9 Å². The average molecular weight is 466 g/mol. The van der Waals surface area contributed by atoms with Gasteiger partial charge in [0.05, 0.1) is 6.57 Å². The van der Waals surface area contributed by atoms with Crippen LogP contribution >= 0.6 is 15.9 Å². The van der Waals surface area contributed by atoms with Crippen LogP contribution in [0.1, 0.15) is 43.2 Å². The molecular formula is C29H24BrN. The Balaban J connectivity index is 1.51. The van der Waals surface area contributed by atoms with Gasteiger partial charge < -0.3 is 0 Å². The summed E-state index contributed by atoms with van der Waals surface area (Å²) in [6.45, 7) is 7.66. The zero-order valence-corrected chi connectivity index (χ0v) is 19.0. The second-order valence-electron chi connectivity index (χ2n) is 10.3. The van der Waals surface area contributed by atoms with Gasteiger partial charge >= 0.3 is 0 Å². The van der Waals surface area contributed by atoms with Crippen LogP contribution in [0.25, 0.3) is 27.1 Å². The minimum absolute atomic E-state index is 0.158. The summed E-state index contributed by atoms with van der Waals surface area (Å²) >= 11 is 3.80. The topological polar surface area (TPSA) is 4.36 Å². The Hall–Kier alpha value is -2.37. The molecule has 152 valence electrons. The molecule has 0 amide bonds. The fourth-order valence-electron chi connectivity index (χ4n) is 8.15. The fraction of sp³-hybridized carbons (Fsp3) is 0.345. The van der Waals surface area contributed by atoms with E-state index in [9.17, 15) is 0 Å². The first kappa shape index (κ1) is 18.2. The van der Waals surface area contributed by atoms with E-state index in [1.54, 1.807) is 11.1 Å². The number of hydrogen-bond donors (Lipinski definition) is 0. The van der Waals surface area contributed by atoms with Crippen LogP contribution in [0, 0.1) is 30.2 Å². The van der Waals surface area contributed by atoms with Gasteiger partial charge in [-0.3, -0.25) is 0 Å². The summed E-state index contributed by atoms with van der Waals surface area (Å²) in [5, 5.41) is 0. The maximum atomic E-state index is 7.66. The Morgan fingerprint density at radius 2 is 1.39 bits per heavy atom. The highest BCUT2D eigenvalue weighted by atomic mass is 79.9. The fourth-order valence-corrected chi connectivity index (χ4v) is 8.51. The molecule has 4 fully saturated rings. The molecule has 0 N–H and O–H groups in total. The second-order valence-corrected chi connectivity index (χ2v) is 11.2. The standard InChI is InChI=1S/C29H24BrN/c1-31-28-5-3-2-4-23(28)19-6-8-24-25-9-7-22(30)16-27(25)29(26(24)15-19)20-11-17-10-18(13-20)14-21(29)12-17/h2-9,15-18,20-21H,10-14H2. The highest BCUT2D eigenvalue weighted by Crippen LogP contribution is 2.69. The molecule has 0 heterocycles. The van der Waals surface area contributed by atoms with E-state index in [1.165, 1.54) is 53.3 Å². The van der Waals surface area contributed by atoms with E-state index in [4.69, 9.17) is 6.57 Å². The van der Waals surface area contributed by atoms with Crippen LogP contribution in [0.3, 0.4) is 0 Å². The molecular weight excluding hydrogens is 442 g/mol. The molecule has 2 heteroatoms. The lowest BCUT2D eigenvalue weighted by Crippen LogP contribution is -2.55. The molecule has 3 aromatic rings. The van der Waals surface area contributed by atoms with Gasteiger partial charge in [-0.05, 0) is 101 Å². The van der Waals surface area contributed by atoms with Crippen molar-refractivity contribution in [2.75, 3.05) is 0 Å². The molecule has 3 aromatic carbocycles. The van der Waals surface area contributed by atoms with E-state index in [0.29, 0.717) is 0 Å². The zero-order chi connectivity index (χ0) is 20.7. The number of benzene rings is 3. The third-order valence-corrected chi connectivity index (χ3v) is 9.44. The summed E-state index contributed by atoms with van der Waals surface area (Å²) in [6, 6.07) is 22.1. The van der Waals surface area contributed by atoms with Crippen LogP contribution in [0.4, 0.5) is 5.69 Å². The van der Waals surface area contributed by atoms with Crippen LogP contribution in [-0.2, 0) is 5.41 Å². The summed E-state index contributed by atoms with van der Waals surface area (Å²) < 4.78 is 1.20. The normalized spacial score (nSPS) is 31.5. The maximum Gasteiger partial charge on any atom is 0.194 e. The van der Waals surface area contributed by atoms with Crippen molar-refractivity contribution in [3.63, 3.8) is 0 Å². The van der Waals surface area contributed by atoms with Crippen molar-refractivity contribution in [2.24, 2.45) is 23.7 Å². The third-order valence-electron chi connectivity index (χ3n) is 8.94. The van der Waals surface area contributed by atoms with Crippen LogP contribution in [0.15, 0.2) is 65.1 Å². The van der Waals surface area contributed by atoms with Gasteiger partial charge in [0.25, 0.3) is 0 Å². The smallest absolute Gasteiger partial charge is 0.194 e. The first-order chi connectivity index (χ1) is 15.2. The molecule has 5 aliphatic carbocycles. The number of halogens is 1. The van der Waals surface area contributed by atoms with Gasteiger partial charge in [0, 0.05) is 9.89 Å². The number of rotatable bonds is 1. The average Bonchev–Trinajstić information content (AvgIpc) is 3.06. The van der Waals surface area contributed by atoms with E-state index >= 15 is 0 Å². The molecule has 4 saturated carbocycles. The molecule has 0 aliphatic heterocycles. The minimum atomic E-state index is 0.158. The Kier molecular flexibility index (Phi) is 3.72. The highest BCUT2D eigenvalue weighted by molar-refractivity contribution is 9.10. The number of fused-ring (bicyclic) bond motifs is 3. The van der Waals surface area contributed by atoms with Crippen molar-refractivity contribution >= 4 is 21.6 Å². The molecule has 0 atom stereocenters. The first-order valence-corrected chi connectivity index (χ1v) is 12.4. The van der Waals surface area contributed by atoms with E-state index < -0.39 is 0 Å². The SMILES string of the molecule is [C-]#[N+]c1ccccc1-c1ccc2c(c1)C1(c3cc(Br)ccc3-2)C2CC3CC(C2)CC1C3. The lowest BCUT2D eigenvalue weighted by molar-refractivity contribution is -0.0399. The Morgan fingerprint density at radius 1 is 0.742 bits per heavy atom. The van der Waals surface area contributed by atoms with Crippen LogP contribution in [-0.4, -0.2) is 0 Å². The predicted octanol–water partition coefficient (Wildman–Crippen LogP) is 8.39. The van der Waals surface area contributed by atoms with Gasteiger partial charge in [0.2, 0.25) is 0 Å². The second kappa shape index (κ2) is 6.33. The molecule has 0 saturated heterocycles. The monoisotopic (exact) mass is 465 g/mol. The number of para-hydroxylation sites is 1. The van der Waals surface area contributed by atoms with Gasteiger partial charge in [-0.25, -0.2) is 4.85 Å². The molecule has 4 bridgehead atoms. The molecule has 0 unspecified atom stereocenters. The third kappa shape index (κ3) is 2.31. The van der Waals surface area contributed by atoms with Crippen molar-refractivity contribution in [1.29, 1.82) is 0 Å². The van der Waals surface area contributed by atoms with E-state index in [2.05, 4.69) is 69.3 Å². The van der Waals surface area contributed by atoms with Crippen molar-refractivity contribution < 1.29 is 0 Å². The Morgan fingerprint density at radius 3 is 2.10 bits per heavy atom. The summed E-state index contributed by atoms with van der Waals surface area (Å²) in [5.41, 5.74) is 9.16. The van der Waals surface area contributed by atoms with Crippen molar-refractivity contribution in [2.45, 2.75) is 37.5 Å².